The molecule has 11 rings (SSSR count). The molecule has 0 fully saturated rings. The third-order valence-corrected chi connectivity index (χ3v) is 10.4. The molecular weight excluding hydrogens is 649 g/mol. The van der Waals surface area contributed by atoms with E-state index in [-0.39, 0.29) is 0 Å². The largest absolute Gasteiger partial charge is 0.456 e. The Morgan fingerprint density at radius 2 is 0.981 bits per heavy atom. The molecule has 0 atom stereocenters. The van der Waals surface area contributed by atoms with E-state index < -0.39 is 0 Å². The summed E-state index contributed by atoms with van der Waals surface area (Å²) in [5, 5.41) is 11.4. The van der Waals surface area contributed by atoms with E-state index in [1.165, 1.54) is 21.5 Å². The molecule has 0 unspecified atom stereocenters. The van der Waals surface area contributed by atoms with Crippen LogP contribution in [-0.2, 0) is 0 Å². The van der Waals surface area contributed by atoms with Gasteiger partial charge in [0, 0.05) is 33.5 Å². The predicted octanol–water partition coefficient (Wildman–Crippen LogP) is 12.4. The van der Waals surface area contributed by atoms with E-state index in [9.17, 15) is 0 Å². The second kappa shape index (κ2) is 11.7. The zero-order chi connectivity index (χ0) is 34.9. The van der Waals surface area contributed by atoms with E-state index in [0.29, 0.717) is 23.2 Å². The Kier molecular flexibility index (Phi) is 6.48. The molecule has 0 aliphatic rings. The monoisotopic (exact) mass is 676 g/mol. The van der Waals surface area contributed by atoms with Gasteiger partial charge in [-0.25, -0.2) is 15.0 Å². The Bertz CT molecular complexity index is 3240. The van der Waals surface area contributed by atoms with Crippen LogP contribution in [0.3, 0.4) is 0 Å². The molecular formula is C48H28N4O. The van der Waals surface area contributed by atoms with Gasteiger partial charge < -0.3 is 4.42 Å². The molecule has 0 aliphatic carbocycles. The lowest BCUT2D eigenvalue weighted by molar-refractivity contribution is 0.669. The Morgan fingerprint density at radius 1 is 0.358 bits per heavy atom. The summed E-state index contributed by atoms with van der Waals surface area (Å²) >= 11 is 0. The number of rotatable bonds is 4. The van der Waals surface area contributed by atoms with Gasteiger partial charge in [0.1, 0.15) is 16.9 Å². The van der Waals surface area contributed by atoms with Crippen LogP contribution < -0.4 is 0 Å². The number of para-hydroxylation sites is 1. The summed E-state index contributed by atoms with van der Waals surface area (Å²) in [4.78, 5) is 20.2. The van der Waals surface area contributed by atoms with Crippen LogP contribution in [0.25, 0.3) is 110 Å². The van der Waals surface area contributed by atoms with Gasteiger partial charge in [0.2, 0.25) is 0 Å². The van der Waals surface area contributed by atoms with Crippen molar-refractivity contribution in [3.63, 3.8) is 0 Å². The van der Waals surface area contributed by atoms with Gasteiger partial charge in [0.15, 0.2) is 17.5 Å². The summed E-state index contributed by atoms with van der Waals surface area (Å²) in [7, 11) is 0. The maximum atomic E-state index is 6.26. The summed E-state index contributed by atoms with van der Waals surface area (Å²) in [6, 6.07) is 56.7. The summed E-state index contributed by atoms with van der Waals surface area (Å²) < 4.78 is 6.26. The number of aromatic nitrogens is 4. The second-order valence-electron chi connectivity index (χ2n) is 13.4. The summed E-state index contributed by atoms with van der Waals surface area (Å²) in [6.45, 7) is 0. The average Bonchev–Trinajstić information content (AvgIpc) is 3.62. The number of hydrogen-bond donors (Lipinski definition) is 0. The van der Waals surface area contributed by atoms with E-state index in [4.69, 9.17) is 24.4 Å². The van der Waals surface area contributed by atoms with Gasteiger partial charge >= 0.3 is 0 Å². The Hall–Kier alpha value is -7.24. The maximum absolute atomic E-state index is 6.26. The van der Waals surface area contributed by atoms with Crippen LogP contribution in [0.2, 0.25) is 0 Å². The summed E-state index contributed by atoms with van der Waals surface area (Å²) in [5.41, 5.74) is 6.52. The van der Waals surface area contributed by atoms with Crippen molar-refractivity contribution in [2.75, 3.05) is 0 Å². The molecule has 0 bridgehead atoms. The quantitative estimate of drug-likeness (QED) is 0.174. The highest BCUT2D eigenvalue weighted by molar-refractivity contribution is 6.18. The zero-order valence-electron chi connectivity index (χ0n) is 28.4. The van der Waals surface area contributed by atoms with Crippen molar-refractivity contribution in [3.8, 4) is 45.4 Å². The van der Waals surface area contributed by atoms with Gasteiger partial charge in [-0.2, -0.15) is 0 Å². The van der Waals surface area contributed by atoms with Gasteiger partial charge in [0.25, 0.3) is 0 Å². The third kappa shape index (κ3) is 4.71. The molecule has 0 spiro atoms. The molecule has 5 nitrogen and oxygen atoms in total. The molecule has 11 aromatic rings. The van der Waals surface area contributed by atoms with Crippen LogP contribution in [0.4, 0.5) is 0 Å². The van der Waals surface area contributed by atoms with Gasteiger partial charge in [0.05, 0.1) is 0 Å². The van der Waals surface area contributed by atoms with Crippen molar-refractivity contribution in [2.24, 2.45) is 0 Å². The zero-order valence-corrected chi connectivity index (χ0v) is 28.4. The number of fused-ring (bicyclic) bond motifs is 9. The highest BCUT2D eigenvalue weighted by Gasteiger charge is 2.18. The van der Waals surface area contributed by atoms with Crippen molar-refractivity contribution in [3.05, 3.63) is 170 Å². The van der Waals surface area contributed by atoms with Crippen molar-refractivity contribution in [1.29, 1.82) is 0 Å². The summed E-state index contributed by atoms with van der Waals surface area (Å²) in [5.74, 6) is 1.72. The van der Waals surface area contributed by atoms with Crippen LogP contribution in [0.5, 0.6) is 0 Å². The Morgan fingerprint density at radius 3 is 1.87 bits per heavy atom. The molecule has 3 aromatic heterocycles. The molecule has 0 amide bonds. The van der Waals surface area contributed by atoms with Gasteiger partial charge in [-0.15, -0.1) is 0 Å². The van der Waals surface area contributed by atoms with E-state index in [2.05, 4.69) is 115 Å². The first-order chi connectivity index (χ1) is 26.3. The minimum absolute atomic E-state index is 0.525. The first-order valence-electron chi connectivity index (χ1n) is 17.7. The van der Waals surface area contributed by atoms with Crippen LogP contribution in [-0.4, -0.2) is 19.9 Å². The van der Waals surface area contributed by atoms with Crippen molar-refractivity contribution < 1.29 is 4.42 Å². The lowest BCUT2D eigenvalue weighted by Crippen LogP contribution is -2.01. The number of hydrogen-bond acceptors (Lipinski definition) is 5. The summed E-state index contributed by atoms with van der Waals surface area (Å²) in [6.07, 6.45) is 1.96. The minimum atomic E-state index is 0.525. The average molecular weight is 677 g/mol. The fourth-order valence-electron chi connectivity index (χ4n) is 7.91. The molecule has 246 valence electrons. The molecule has 3 heterocycles. The van der Waals surface area contributed by atoms with Crippen LogP contribution in [0, 0.1) is 0 Å². The lowest BCUT2D eigenvalue weighted by Gasteiger charge is -2.13. The third-order valence-electron chi connectivity index (χ3n) is 10.4. The van der Waals surface area contributed by atoms with Crippen molar-refractivity contribution >= 4 is 65.0 Å². The molecule has 5 heteroatoms. The van der Waals surface area contributed by atoms with E-state index in [1.807, 2.05) is 54.7 Å². The van der Waals surface area contributed by atoms with Crippen molar-refractivity contribution in [1.82, 2.24) is 19.9 Å². The minimum Gasteiger partial charge on any atom is -0.456 e. The SMILES string of the molecule is c1ccc(-c2nc(-c3cc4ccc5c6ccccc6ccc5c4cn3)nc(-c3cccc4c(-c5cccc6oc7ccccc7c56)cccc34)n2)cc1. The number of benzene rings is 8. The fourth-order valence-corrected chi connectivity index (χ4v) is 7.91. The van der Waals surface area contributed by atoms with E-state index in [0.717, 1.165) is 65.7 Å². The topological polar surface area (TPSA) is 64.7 Å². The molecule has 0 N–H and O–H groups in total. The lowest BCUT2D eigenvalue weighted by atomic mass is 9.93. The van der Waals surface area contributed by atoms with Crippen LogP contribution >= 0.6 is 0 Å². The first kappa shape index (κ1) is 29.5. The highest BCUT2D eigenvalue weighted by Crippen LogP contribution is 2.41. The Balaban J connectivity index is 1.10. The number of furan rings is 1. The van der Waals surface area contributed by atoms with Crippen molar-refractivity contribution in [2.45, 2.75) is 0 Å². The number of pyridine rings is 1. The molecule has 8 aromatic carbocycles. The highest BCUT2D eigenvalue weighted by atomic mass is 16.3. The van der Waals surface area contributed by atoms with Gasteiger partial charge in [-0.3, -0.25) is 4.98 Å². The molecule has 0 saturated heterocycles. The predicted molar refractivity (Wildman–Crippen MR) is 217 cm³/mol. The van der Waals surface area contributed by atoms with E-state index >= 15 is 0 Å². The second-order valence-corrected chi connectivity index (χ2v) is 13.4. The Labute approximate surface area is 303 Å². The molecule has 53 heavy (non-hydrogen) atoms. The maximum Gasteiger partial charge on any atom is 0.182 e. The standard InChI is InChI=1S/C48H28N4O/c1-2-12-30(13-3-1)46-50-47(52-48(51-46)42-27-31-24-26-36-32-14-5-4-11-29(32)23-25-37(36)41(31)28-49-42)39-20-9-16-33-34(17-8-18-35(33)39)38-19-10-22-44-45(38)40-15-6-7-21-43(40)53-44/h1-28H. The smallest absolute Gasteiger partial charge is 0.182 e. The van der Waals surface area contributed by atoms with E-state index in [1.54, 1.807) is 0 Å². The molecule has 0 aliphatic heterocycles. The van der Waals surface area contributed by atoms with Gasteiger partial charge in [-0.1, -0.05) is 146 Å². The molecule has 0 saturated carbocycles. The normalized spacial score (nSPS) is 11.8. The van der Waals surface area contributed by atoms with Crippen LogP contribution in [0.1, 0.15) is 0 Å². The number of nitrogens with zero attached hydrogens (tertiary/aromatic N) is 4. The molecule has 0 radical (unpaired) electrons. The fraction of sp³-hybridized carbons (Fsp3) is 0. The van der Waals surface area contributed by atoms with Gasteiger partial charge in [-0.05, 0) is 67.0 Å². The van der Waals surface area contributed by atoms with Crippen LogP contribution in [0.15, 0.2) is 174 Å². The first-order valence-corrected chi connectivity index (χ1v) is 17.7.